The molecule has 0 bridgehead atoms. The van der Waals surface area contributed by atoms with E-state index in [0.29, 0.717) is 17.8 Å². The predicted molar refractivity (Wildman–Crippen MR) is 122 cm³/mol. The summed E-state index contributed by atoms with van der Waals surface area (Å²) in [6, 6.07) is 11.0. The highest BCUT2D eigenvalue weighted by Crippen LogP contribution is 2.42. The molecule has 0 aromatic heterocycles. The summed E-state index contributed by atoms with van der Waals surface area (Å²) in [6.45, 7) is 16.4. The molecule has 0 spiro atoms. The first-order chi connectivity index (χ1) is 12.3. The number of benzene rings is 2. The maximum atomic E-state index is 3.12. The SMILES string of the molecule is CCCCc1c(C(C)C)c(P)c(C(C)C)c(-c2ccccc2)c1C(C)C. The molecule has 0 nitrogen and oxygen atoms in total. The Morgan fingerprint density at radius 2 is 1.31 bits per heavy atom. The Kier molecular flexibility index (Phi) is 7.48. The summed E-state index contributed by atoms with van der Waals surface area (Å²) in [4.78, 5) is 0. The quantitative estimate of drug-likeness (QED) is 0.442. The first kappa shape index (κ1) is 21.2. The first-order valence-electron chi connectivity index (χ1n) is 10.3. The molecule has 0 saturated heterocycles. The van der Waals surface area contributed by atoms with Crippen molar-refractivity contribution in [3.05, 3.63) is 52.6 Å². The predicted octanol–water partition coefficient (Wildman–Crippen LogP) is 7.57. The molecule has 142 valence electrons. The van der Waals surface area contributed by atoms with Crippen LogP contribution in [0.3, 0.4) is 0 Å². The maximum absolute atomic E-state index is 3.12. The van der Waals surface area contributed by atoms with Crippen molar-refractivity contribution in [2.75, 3.05) is 0 Å². The van der Waals surface area contributed by atoms with Crippen molar-refractivity contribution in [1.29, 1.82) is 0 Å². The van der Waals surface area contributed by atoms with Gasteiger partial charge in [0.2, 0.25) is 0 Å². The van der Waals surface area contributed by atoms with Crippen LogP contribution in [-0.2, 0) is 6.42 Å². The molecule has 1 unspecified atom stereocenters. The van der Waals surface area contributed by atoms with E-state index in [4.69, 9.17) is 0 Å². The number of rotatable bonds is 7. The van der Waals surface area contributed by atoms with Crippen molar-refractivity contribution >= 4 is 14.5 Å². The van der Waals surface area contributed by atoms with E-state index >= 15 is 0 Å². The molecular formula is C25H37P. The van der Waals surface area contributed by atoms with E-state index in [1.54, 1.807) is 16.7 Å². The molecule has 2 aromatic rings. The Bertz CT molecular complexity index is 724. The zero-order valence-electron chi connectivity index (χ0n) is 17.8. The molecule has 2 aromatic carbocycles. The fourth-order valence-electron chi connectivity index (χ4n) is 4.32. The molecule has 0 N–H and O–H groups in total. The van der Waals surface area contributed by atoms with Crippen molar-refractivity contribution < 1.29 is 0 Å². The van der Waals surface area contributed by atoms with Crippen LogP contribution < -0.4 is 5.30 Å². The third-order valence-electron chi connectivity index (χ3n) is 5.34. The van der Waals surface area contributed by atoms with Gasteiger partial charge in [-0.05, 0) is 69.3 Å². The average molecular weight is 369 g/mol. The minimum Gasteiger partial charge on any atom is -0.105 e. The lowest BCUT2D eigenvalue weighted by Gasteiger charge is -2.30. The molecule has 0 saturated carbocycles. The minimum atomic E-state index is 0.507. The third-order valence-corrected chi connectivity index (χ3v) is 5.97. The van der Waals surface area contributed by atoms with Crippen LogP contribution in [0.2, 0.25) is 0 Å². The summed E-state index contributed by atoms with van der Waals surface area (Å²) in [5, 5.41) is 1.45. The zero-order valence-corrected chi connectivity index (χ0v) is 19.0. The number of hydrogen-bond acceptors (Lipinski definition) is 0. The van der Waals surface area contributed by atoms with Gasteiger partial charge in [-0.3, -0.25) is 0 Å². The third kappa shape index (κ3) is 4.23. The van der Waals surface area contributed by atoms with Crippen LogP contribution in [0.4, 0.5) is 0 Å². The van der Waals surface area contributed by atoms with Crippen LogP contribution in [0.15, 0.2) is 30.3 Å². The molecule has 0 fully saturated rings. The molecule has 2 rings (SSSR count). The lowest BCUT2D eigenvalue weighted by molar-refractivity contribution is 0.738. The van der Waals surface area contributed by atoms with Crippen LogP contribution in [0.1, 0.15) is 101 Å². The van der Waals surface area contributed by atoms with Crippen molar-refractivity contribution in [2.24, 2.45) is 0 Å². The molecule has 0 radical (unpaired) electrons. The Morgan fingerprint density at radius 1 is 0.769 bits per heavy atom. The van der Waals surface area contributed by atoms with Crippen molar-refractivity contribution in [3.63, 3.8) is 0 Å². The number of unbranched alkanes of at least 4 members (excludes halogenated alkanes) is 1. The van der Waals surface area contributed by atoms with Crippen LogP contribution >= 0.6 is 9.24 Å². The fourth-order valence-corrected chi connectivity index (χ4v) is 5.30. The van der Waals surface area contributed by atoms with Gasteiger partial charge in [0.1, 0.15) is 0 Å². The number of hydrogen-bond donors (Lipinski definition) is 0. The lowest BCUT2D eigenvalue weighted by Crippen LogP contribution is -2.20. The monoisotopic (exact) mass is 368 g/mol. The van der Waals surface area contributed by atoms with Crippen LogP contribution in [-0.4, -0.2) is 0 Å². The van der Waals surface area contributed by atoms with Gasteiger partial charge < -0.3 is 0 Å². The van der Waals surface area contributed by atoms with Gasteiger partial charge in [-0.2, -0.15) is 0 Å². The van der Waals surface area contributed by atoms with Gasteiger partial charge in [0.05, 0.1) is 0 Å². The largest absolute Gasteiger partial charge is 0.105 e. The van der Waals surface area contributed by atoms with E-state index < -0.39 is 0 Å². The second-order valence-corrected chi connectivity index (χ2v) is 9.02. The van der Waals surface area contributed by atoms with Gasteiger partial charge in [-0.25, -0.2) is 0 Å². The highest BCUT2D eigenvalue weighted by atomic mass is 31.0. The molecule has 0 aliphatic heterocycles. The summed E-state index contributed by atoms with van der Waals surface area (Å²) < 4.78 is 0. The first-order valence-corrected chi connectivity index (χ1v) is 10.9. The molecular weight excluding hydrogens is 331 g/mol. The zero-order chi connectivity index (χ0) is 19.4. The van der Waals surface area contributed by atoms with Gasteiger partial charge in [-0.15, -0.1) is 9.24 Å². The van der Waals surface area contributed by atoms with E-state index in [2.05, 4.69) is 88.0 Å². The van der Waals surface area contributed by atoms with Crippen molar-refractivity contribution in [2.45, 2.75) is 85.5 Å². The van der Waals surface area contributed by atoms with Crippen molar-refractivity contribution in [3.8, 4) is 11.1 Å². The van der Waals surface area contributed by atoms with E-state index in [1.807, 2.05) is 0 Å². The molecule has 0 heterocycles. The topological polar surface area (TPSA) is 0 Å². The molecule has 0 aliphatic carbocycles. The Balaban J connectivity index is 2.98. The van der Waals surface area contributed by atoms with Crippen LogP contribution in [0.5, 0.6) is 0 Å². The van der Waals surface area contributed by atoms with Crippen LogP contribution in [0, 0.1) is 0 Å². The molecule has 1 heteroatoms. The van der Waals surface area contributed by atoms with Crippen LogP contribution in [0.25, 0.3) is 11.1 Å². The molecule has 0 aliphatic rings. The standard InChI is InChI=1S/C25H37P/c1-8-9-15-20-21(16(2)3)24(19-13-11-10-12-14-19)23(18(6)7)25(26)22(20)17(4)5/h10-14,16-18H,8-9,15,26H2,1-7H3. The van der Waals surface area contributed by atoms with E-state index in [1.165, 1.54) is 41.3 Å². The molecule has 1 atom stereocenters. The lowest BCUT2D eigenvalue weighted by atomic mass is 9.76. The van der Waals surface area contributed by atoms with E-state index in [0.717, 1.165) is 0 Å². The second-order valence-electron chi connectivity index (χ2n) is 8.44. The highest BCUT2D eigenvalue weighted by Gasteiger charge is 2.26. The summed E-state index contributed by atoms with van der Waals surface area (Å²) in [6.07, 6.45) is 3.70. The highest BCUT2D eigenvalue weighted by molar-refractivity contribution is 7.27. The second kappa shape index (κ2) is 9.18. The van der Waals surface area contributed by atoms with E-state index in [-0.39, 0.29) is 0 Å². The average Bonchev–Trinajstić information content (AvgIpc) is 2.58. The van der Waals surface area contributed by atoms with Crippen molar-refractivity contribution in [1.82, 2.24) is 0 Å². The Labute approximate surface area is 164 Å². The fraction of sp³-hybridized carbons (Fsp3) is 0.520. The van der Waals surface area contributed by atoms with Gasteiger partial charge in [0.25, 0.3) is 0 Å². The Morgan fingerprint density at radius 3 is 1.77 bits per heavy atom. The van der Waals surface area contributed by atoms with Gasteiger partial charge in [-0.1, -0.05) is 85.2 Å². The summed E-state index contributed by atoms with van der Waals surface area (Å²) in [5.74, 6) is 1.58. The van der Waals surface area contributed by atoms with E-state index in [9.17, 15) is 0 Å². The smallest absolute Gasteiger partial charge is 0.0105 e. The summed E-state index contributed by atoms with van der Waals surface area (Å²) >= 11 is 0. The summed E-state index contributed by atoms with van der Waals surface area (Å²) in [5.41, 5.74) is 9.17. The summed E-state index contributed by atoms with van der Waals surface area (Å²) in [7, 11) is 3.12. The van der Waals surface area contributed by atoms with Gasteiger partial charge in [0, 0.05) is 0 Å². The van der Waals surface area contributed by atoms with Gasteiger partial charge in [0.15, 0.2) is 0 Å². The van der Waals surface area contributed by atoms with Gasteiger partial charge >= 0.3 is 0 Å². The maximum Gasteiger partial charge on any atom is -0.0105 e. The molecule has 26 heavy (non-hydrogen) atoms. The normalized spacial score (nSPS) is 11.8. The Hall–Kier alpha value is -1.13. The minimum absolute atomic E-state index is 0.507. The molecule has 0 amide bonds.